The maximum atomic E-state index is 3.61. The Balaban J connectivity index is 1.79. The lowest BCUT2D eigenvalue weighted by atomic mass is 10.1. The molecule has 1 saturated carbocycles. The summed E-state index contributed by atoms with van der Waals surface area (Å²) in [5.41, 5.74) is 2.98. The van der Waals surface area contributed by atoms with E-state index in [2.05, 4.69) is 42.8 Å². The van der Waals surface area contributed by atoms with Crippen LogP contribution in [0.1, 0.15) is 43.2 Å². The van der Waals surface area contributed by atoms with Crippen molar-refractivity contribution < 1.29 is 0 Å². The Morgan fingerprint density at radius 3 is 2.94 bits per heavy atom. The zero-order valence-corrected chi connectivity index (χ0v) is 11.7. The molecule has 17 heavy (non-hydrogen) atoms. The van der Waals surface area contributed by atoms with Gasteiger partial charge in [-0.05, 0) is 55.2 Å². The van der Waals surface area contributed by atoms with E-state index in [9.17, 15) is 0 Å². The highest BCUT2D eigenvalue weighted by atomic mass is 32.2. The van der Waals surface area contributed by atoms with Crippen molar-refractivity contribution in [2.75, 3.05) is 12.0 Å². The molecule has 2 rings (SSSR count). The summed E-state index contributed by atoms with van der Waals surface area (Å²) in [5.74, 6) is 2.11. The Bertz CT molecular complexity index is 347. The minimum absolute atomic E-state index is 0.618. The molecule has 0 radical (unpaired) electrons. The van der Waals surface area contributed by atoms with Gasteiger partial charge in [0.05, 0.1) is 0 Å². The smallest absolute Gasteiger partial charge is 0.0208 e. The van der Waals surface area contributed by atoms with E-state index in [0.29, 0.717) is 6.04 Å². The topological polar surface area (TPSA) is 12.0 Å². The molecule has 0 aromatic heterocycles. The predicted octanol–water partition coefficient (Wildman–Crippen LogP) is 3.80. The molecule has 1 fully saturated rings. The zero-order valence-electron chi connectivity index (χ0n) is 10.9. The number of rotatable bonds is 7. The van der Waals surface area contributed by atoms with E-state index >= 15 is 0 Å². The van der Waals surface area contributed by atoms with Crippen molar-refractivity contribution in [2.24, 2.45) is 0 Å². The fraction of sp³-hybridized carbons (Fsp3) is 0.600. The number of hydrogen-bond acceptors (Lipinski definition) is 2. The molecule has 1 aromatic carbocycles. The fourth-order valence-electron chi connectivity index (χ4n) is 2.06. The molecular weight excluding hydrogens is 226 g/mol. The third kappa shape index (κ3) is 4.36. The van der Waals surface area contributed by atoms with Crippen LogP contribution in [0.2, 0.25) is 0 Å². The van der Waals surface area contributed by atoms with E-state index in [1.807, 2.05) is 11.8 Å². The van der Waals surface area contributed by atoms with Crippen LogP contribution in [0, 0.1) is 0 Å². The van der Waals surface area contributed by atoms with Gasteiger partial charge in [0.25, 0.3) is 0 Å². The summed E-state index contributed by atoms with van der Waals surface area (Å²) < 4.78 is 0. The highest BCUT2D eigenvalue weighted by molar-refractivity contribution is 7.98. The van der Waals surface area contributed by atoms with Crippen molar-refractivity contribution in [2.45, 2.75) is 44.7 Å². The van der Waals surface area contributed by atoms with Crippen LogP contribution in [0.15, 0.2) is 24.3 Å². The Labute approximate surface area is 109 Å². The van der Waals surface area contributed by atoms with E-state index in [-0.39, 0.29) is 0 Å². The van der Waals surface area contributed by atoms with Crippen molar-refractivity contribution in [3.05, 3.63) is 35.4 Å². The maximum Gasteiger partial charge on any atom is 0.0208 e. The monoisotopic (exact) mass is 249 g/mol. The predicted molar refractivity (Wildman–Crippen MR) is 77.7 cm³/mol. The molecule has 1 aromatic rings. The van der Waals surface area contributed by atoms with Gasteiger partial charge >= 0.3 is 0 Å². The van der Waals surface area contributed by atoms with Crippen LogP contribution < -0.4 is 5.32 Å². The molecule has 0 heterocycles. The van der Waals surface area contributed by atoms with E-state index in [1.54, 1.807) is 5.56 Å². The molecule has 1 nitrogen and oxygen atoms in total. The maximum absolute atomic E-state index is 3.61. The van der Waals surface area contributed by atoms with Crippen LogP contribution in [0.5, 0.6) is 0 Å². The van der Waals surface area contributed by atoms with Gasteiger partial charge < -0.3 is 5.32 Å². The second-order valence-electron chi connectivity index (χ2n) is 5.08. The highest BCUT2D eigenvalue weighted by Gasteiger charge is 2.23. The summed E-state index contributed by atoms with van der Waals surface area (Å²) in [4.78, 5) is 0. The van der Waals surface area contributed by atoms with Gasteiger partial charge in [-0.15, -0.1) is 0 Å². The van der Waals surface area contributed by atoms with Crippen LogP contribution >= 0.6 is 11.8 Å². The molecule has 1 unspecified atom stereocenters. The first kappa shape index (κ1) is 13.0. The van der Waals surface area contributed by atoms with Crippen molar-refractivity contribution in [3.8, 4) is 0 Å². The number of benzene rings is 1. The molecule has 0 spiro atoms. The van der Waals surface area contributed by atoms with Gasteiger partial charge in [-0.2, -0.15) is 11.8 Å². The van der Waals surface area contributed by atoms with Crippen LogP contribution in [0.3, 0.4) is 0 Å². The first-order valence-electron chi connectivity index (χ1n) is 6.60. The van der Waals surface area contributed by atoms with E-state index < -0.39 is 0 Å². The molecule has 1 aliphatic carbocycles. The number of hydrogen-bond donors (Lipinski definition) is 1. The van der Waals surface area contributed by atoms with Gasteiger partial charge in [-0.1, -0.05) is 24.3 Å². The van der Waals surface area contributed by atoms with Crippen molar-refractivity contribution in [1.82, 2.24) is 5.32 Å². The first-order valence-corrected chi connectivity index (χ1v) is 8.00. The minimum Gasteiger partial charge on any atom is -0.310 e. The molecule has 94 valence electrons. The molecular formula is C15H23NS. The summed E-state index contributed by atoms with van der Waals surface area (Å²) >= 11 is 1.93. The Morgan fingerprint density at radius 2 is 2.24 bits per heavy atom. The SMILES string of the molecule is CSCCC(C)NCc1cccc(C2CC2)c1. The lowest BCUT2D eigenvalue weighted by molar-refractivity contribution is 0.537. The second kappa shape index (κ2) is 6.46. The summed E-state index contributed by atoms with van der Waals surface area (Å²) in [6, 6.07) is 9.72. The van der Waals surface area contributed by atoms with Gasteiger partial charge in [0.1, 0.15) is 0 Å². The average molecular weight is 249 g/mol. The fourth-order valence-corrected chi connectivity index (χ4v) is 2.65. The summed E-state index contributed by atoms with van der Waals surface area (Å²) in [5, 5.41) is 3.61. The normalized spacial score (nSPS) is 17.1. The molecule has 1 N–H and O–H groups in total. The van der Waals surface area contributed by atoms with Gasteiger partial charge in [0.15, 0.2) is 0 Å². The Kier molecular flexibility index (Phi) is 4.93. The standard InChI is InChI=1S/C15H23NS/c1-12(8-9-17-2)16-11-13-4-3-5-15(10-13)14-6-7-14/h3-5,10,12,14,16H,6-9,11H2,1-2H3. The third-order valence-corrected chi connectivity index (χ3v) is 4.05. The van der Waals surface area contributed by atoms with E-state index in [4.69, 9.17) is 0 Å². The lowest BCUT2D eigenvalue weighted by Crippen LogP contribution is -2.25. The molecule has 0 saturated heterocycles. The van der Waals surface area contributed by atoms with Gasteiger partial charge in [-0.3, -0.25) is 0 Å². The van der Waals surface area contributed by atoms with Gasteiger partial charge in [0.2, 0.25) is 0 Å². The van der Waals surface area contributed by atoms with Gasteiger partial charge in [0, 0.05) is 12.6 Å². The van der Waals surface area contributed by atoms with Crippen LogP contribution in [-0.4, -0.2) is 18.1 Å². The first-order chi connectivity index (χ1) is 8.29. The van der Waals surface area contributed by atoms with Crippen molar-refractivity contribution >= 4 is 11.8 Å². The summed E-state index contributed by atoms with van der Waals surface area (Å²) in [6.07, 6.45) is 6.21. The molecule has 0 aliphatic heterocycles. The summed E-state index contributed by atoms with van der Waals surface area (Å²) in [6.45, 7) is 3.29. The van der Waals surface area contributed by atoms with Crippen molar-refractivity contribution in [1.29, 1.82) is 0 Å². The summed E-state index contributed by atoms with van der Waals surface area (Å²) in [7, 11) is 0. The number of thioether (sulfide) groups is 1. The molecule has 0 bridgehead atoms. The van der Waals surface area contributed by atoms with Crippen LogP contribution in [0.4, 0.5) is 0 Å². The molecule has 0 amide bonds. The molecule has 1 aliphatic rings. The molecule has 1 atom stereocenters. The Hall–Kier alpha value is -0.470. The van der Waals surface area contributed by atoms with E-state index in [1.165, 1.54) is 30.6 Å². The van der Waals surface area contributed by atoms with Crippen LogP contribution in [0.25, 0.3) is 0 Å². The average Bonchev–Trinajstić information content (AvgIpc) is 3.18. The van der Waals surface area contributed by atoms with E-state index in [0.717, 1.165) is 12.5 Å². The van der Waals surface area contributed by atoms with Crippen molar-refractivity contribution in [3.63, 3.8) is 0 Å². The largest absolute Gasteiger partial charge is 0.310 e. The zero-order chi connectivity index (χ0) is 12.1. The van der Waals surface area contributed by atoms with Gasteiger partial charge in [-0.25, -0.2) is 0 Å². The third-order valence-electron chi connectivity index (χ3n) is 3.41. The van der Waals surface area contributed by atoms with Crippen LogP contribution in [-0.2, 0) is 6.54 Å². The second-order valence-corrected chi connectivity index (χ2v) is 6.07. The molecule has 2 heteroatoms. The number of nitrogens with one attached hydrogen (secondary N) is 1. The lowest BCUT2D eigenvalue weighted by Gasteiger charge is -2.13. The minimum atomic E-state index is 0.618. The highest BCUT2D eigenvalue weighted by Crippen LogP contribution is 2.40. The quantitative estimate of drug-likeness (QED) is 0.789. The Morgan fingerprint density at radius 1 is 1.41 bits per heavy atom.